The van der Waals surface area contributed by atoms with Gasteiger partial charge >= 0.3 is 12.0 Å². The Hall–Kier alpha value is -2.90. The molecule has 0 radical (unpaired) electrons. The maximum atomic E-state index is 12.8. The lowest BCUT2D eigenvalue weighted by Gasteiger charge is -2.30. The third kappa shape index (κ3) is 3.84. The van der Waals surface area contributed by atoms with Crippen molar-refractivity contribution in [3.8, 4) is 0 Å². The van der Waals surface area contributed by atoms with Crippen LogP contribution in [0.25, 0.3) is 0 Å². The minimum atomic E-state index is -0.708. The molecule has 0 bridgehead atoms. The van der Waals surface area contributed by atoms with E-state index in [1.807, 2.05) is 0 Å². The molecule has 0 aromatic heterocycles. The summed E-state index contributed by atoms with van der Waals surface area (Å²) >= 11 is 0. The Bertz CT molecular complexity index is 751. The van der Waals surface area contributed by atoms with E-state index in [2.05, 4.69) is 10.6 Å². The van der Waals surface area contributed by atoms with Gasteiger partial charge in [-0.05, 0) is 50.3 Å². The van der Waals surface area contributed by atoms with E-state index in [1.165, 1.54) is 24.3 Å². The van der Waals surface area contributed by atoms with E-state index in [4.69, 9.17) is 4.74 Å². The number of carbonyl (C=O) groups is 2. The van der Waals surface area contributed by atoms with Gasteiger partial charge in [-0.1, -0.05) is 6.42 Å². The van der Waals surface area contributed by atoms with E-state index in [9.17, 15) is 19.7 Å². The van der Waals surface area contributed by atoms with E-state index in [0.717, 1.165) is 32.1 Å². The summed E-state index contributed by atoms with van der Waals surface area (Å²) in [6.45, 7) is 1.65. The molecule has 8 nitrogen and oxygen atoms in total. The molecule has 0 spiro atoms. The van der Waals surface area contributed by atoms with Crippen molar-refractivity contribution < 1.29 is 19.2 Å². The molecule has 138 valence electrons. The van der Waals surface area contributed by atoms with E-state index in [1.54, 1.807) is 6.92 Å². The topological polar surface area (TPSA) is 111 Å². The molecule has 0 unspecified atom stereocenters. The van der Waals surface area contributed by atoms with Gasteiger partial charge in [0.15, 0.2) is 0 Å². The third-order valence-corrected chi connectivity index (χ3v) is 4.75. The summed E-state index contributed by atoms with van der Waals surface area (Å²) in [5, 5.41) is 16.1. The van der Waals surface area contributed by atoms with E-state index >= 15 is 0 Å². The summed E-state index contributed by atoms with van der Waals surface area (Å²) < 4.78 is 5.65. The van der Waals surface area contributed by atoms with Crippen LogP contribution in [0.2, 0.25) is 0 Å². The first kappa shape index (κ1) is 17.9. The standard InChI is InChI=1S/C18H21N3O5/c1-11-15(17(22)26-14-5-3-2-4-6-14)16(20-18(23)19-11)12-7-9-13(10-8-12)21(24)25/h7-10,14,16H,2-6H2,1H3,(H2,19,20,23)/t16-/m0/s1. The Balaban J connectivity index is 1.86. The molecule has 1 heterocycles. The summed E-state index contributed by atoms with van der Waals surface area (Å²) in [6.07, 6.45) is 4.82. The van der Waals surface area contributed by atoms with Crippen LogP contribution >= 0.6 is 0 Å². The number of amides is 2. The molecule has 1 fully saturated rings. The number of nitro groups is 1. The second-order valence-corrected chi connectivity index (χ2v) is 6.58. The number of urea groups is 1. The van der Waals surface area contributed by atoms with Gasteiger partial charge in [0.2, 0.25) is 0 Å². The second-order valence-electron chi connectivity index (χ2n) is 6.58. The Morgan fingerprint density at radius 1 is 1.19 bits per heavy atom. The zero-order chi connectivity index (χ0) is 18.7. The lowest BCUT2D eigenvalue weighted by Crippen LogP contribution is -2.45. The summed E-state index contributed by atoms with van der Waals surface area (Å²) in [5.74, 6) is -0.467. The van der Waals surface area contributed by atoms with Crippen molar-refractivity contribution in [2.75, 3.05) is 0 Å². The first-order chi connectivity index (χ1) is 12.5. The molecule has 3 rings (SSSR count). The molecule has 2 aliphatic rings. The van der Waals surface area contributed by atoms with Gasteiger partial charge in [0.1, 0.15) is 6.10 Å². The number of nitro benzene ring substituents is 1. The van der Waals surface area contributed by atoms with Crippen LogP contribution in [0.1, 0.15) is 50.6 Å². The number of benzene rings is 1. The lowest BCUT2D eigenvalue weighted by molar-refractivity contribution is -0.384. The minimum absolute atomic E-state index is 0.0546. The maximum absolute atomic E-state index is 12.8. The van der Waals surface area contributed by atoms with Crippen LogP contribution in [0.4, 0.5) is 10.5 Å². The van der Waals surface area contributed by atoms with Crippen molar-refractivity contribution >= 4 is 17.7 Å². The zero-order valence-corrected chi connectivity index (χ0v) is 14.5. The maximum Gasteiger partial charge on any atom is 0.338 e. The predicted molar refractivity (Wildman–Crippen MR) is 93.2 cm³/mol. The highest BCUT2D eigenvalue weighted by Crippen LogP contribution is 2.30. The van der Waals surface area contributed by atoms with Crippen molar-refractivity contribution in [1.82, 2.24) is 10.6 Å². The van der Waals surface area contributed by atoms with Crippen LogP contribution in [-0.2, 0) is 9.53 Å². The van der Waals surface area contributed by atoms with E-state index in [0.29, 0.717) is 16.8 Å². The molecule has 1 aromatic carbocycles. The first-order valence-electron chi connectivity index (χ1n) is 8.69. The fourth-order valence-corrected chi connectivity index (χ4v) is 3.40. The SMILES string of the molecule is CC1=C(C(=O)OC2CCCCC2)[C@H](c2ccc([N+](=O)[O-])cc2)NC(=O)N1. The number of hydrogen-bond acceptors (Lipinski definition) is 5. The van der Waals surface area contributed by atoms with E-state index < -0.39 is 23.0 Å². The van der Waals surface area contributed by atoms with Gasteiger partial charge in [-0.3, -0.25) is 10.1 Å². The predicted octanol–water partition coefficient (Wildman–Crippen LogP) is 3.10. The highest BCUT2D eigenvalue weighted by molar-refractivity contribution is 5.95. The first-order valence-corrected chi connectivity index (χ1v) is 8.69. The molecule has 1 aliphatic carbocycles. The van der Waals surface area contributed by atoms with Crippen LogP contribution in [0.5, 0.6) is 0 Å². The number of ether oxygens (including phenoxy) is 1. The van der Waals surface area contributed by atoms with Crippen LogP contribution in [0.3, 0.4) is 0 Å². The van der Waals surface area contributed by atoms with Gasteiger partial charge < -0.3 is 15.4 Å². The zero-order valence-electron chi connectivity index (χ0n) is 14.5. The highest BCUT2D eigenvalue weighted by Gasteiger charge is 2.33. The molecule has 1 saturated carbocycles. The second kappa shape index (κ2) is 7.55. The summed E-state index contributed by atoms with van der Waals surface area (Å²) in [5.41, 5.74) is 1.28. The largest absolute Gasteiger partial charge is 0.459 e. The van der Waals surface area contributed by atoms with Crippen molar-refractivity contribution in [2.45, 2.75) is 51.2 Å². The molecule has 1 aliphatic heterocycles. The normalized spacial score (nSPS) is 21.0. The fraction of sp³-hybridized carbons (Fsp3) is 0.444. The number of nitrogens with one attached hydrogen (secondary N) is 2. The van der Waals surface area contributed by atoms with Gasteiger partial charge in [-0.15, -0.1) is 0 Å². The molecular formula is C18H21N3O5. The number of non-ortho nitro benzene ring substituents is 1. The molecule has 26 heavy (non-hydrogen) atoms. The number of carbonyl (C=O) groups excluding carboxylic acids is 2. The Labute approximate surface area is 150 Å². The van der Waals surface area contributed by atoms with Gasteiger partial charge in [0.25, 0.3) is 5.69 Å². The molecular weight excluding hydrogens is 338 g/mol. The van der Waals surface area contributed by atoms with Crippen LogP contribution in [0.15, 0.2) is 35.5 Å². The third-order valence-electron chi connectivity index (χ3n) is 4.75. The Morgan fingerprint density at radius 2 is 1.85 bits per heavy atom. The molecule has 1 atom stereocenters. The van der Waals surface area contributed by atoms with Gasteiger partial charge in [-0.25, -0.2) is 9.59 Å². The van der Waals surface area contributed by atoms with Crippen LogP contribution < -0.4 is 10.6 Å². The molecule has 2 amide bonds. The molecule has 0 saturated heterocycles. The summed E-state index contributed by atoms with van der Waals surface area (Å²) in [7, 11) is 0. The summed E-state index contributed by atoms with van der Waals surface area (Å²) in [4.78, 5) is 35.0. The van der Waals surface area contributed by atoms with Crippen molar-refractivity contribution in [2.24, 2.45) is 0 Å². The Kier molecular flexibility index (Phi) is 5.20. The van der Waals surface area contributed by atoms with Gasteiger partial charge in [-0.2, -0.15) is 0 Å². The van der Waals surface area contributed by atoms with Crippen molar-refractivity contribution in [3.05, 3.63) is 51.2 Å². The Morgan fingerprint density at radius 3 is 2.46 bits per heavy atom. The van der Waals surface area contributed by atoms with Gasteiger partial charge in [0.05, 0.1) is 16.5 Å². The van der Waals surface area contributed by atoms with Gasteiger partial charge in [0, 0.05) is 17.8 Å². The van der Waals surface area contributed by atoms with Crippen molar-refractivity contribution in [3.63, 3.8) is 0 Å². The van der Waals surface area contributed by atoms with Crippen LogP contribution in [-0.4, -0.2) is 23.0 Å². The number of nitrogens with zero attached hydrogens (tertiary/aromatic N) is 1. The summed E-state index contributed by atoms with van der Waals surface area (Å²) in [6, 6.07) is 4.64. The number of esters is 1. The average Bonchev–Trinajstić information content (AvgIpc) is 2.61. The lowest BCUT2D eigenvalue weighted by atomic mass is 9.94. The molecule has 8 heteroatoms. The highest BCUT2D eigenvalue weighted by atomic mass is 16.6. The smallest absolute Gasteiger partial charge is 0.338 e. The molecule has 2 N–H and O–H groups in total. The molecule has 1 aromatic rings. The number of rotatable bonds is 4. The number of allylic oxidation sites excluding steroid dienone is 1. The average molecular weight is 359 g/mol. The van der Waals surface area contributed by atoms with Crippen LogP contribution in [0, 0.1) is 10.1 Å². The minimum Gasteiger partial charge on any atom is -0.459 e. The fourth-order valence-electron chi connectivity index (χ4n) is 3.40. The van der Waals surface area contributed by atoms with E-state index in [-0.39, 0.29) is 11.8 Å². The van der Waals surface area contributed by atoms with Crippen molar-refractivity contribution in [1.29, 1.82) is 0 Å². The monoisotopic (exact) mass is 359 g/mol. The quantitative estimate of drug-likeness (QED) is 0.487. The number of hydrogen-bond donors (Lipinski definition) is 2.